The highest BCUT2D eigenvalue weighted by atomic mass is 16.5. The highest BCUT2D eigenvalue weighted by molar-refractivity contribution is 5.55. The lowest BCUT2D eigenvalue weighted by Gasteiger charge is -2.19. The van der Waals surface area contributed by atoms with Gasteiger partial charge in [0, 0.05) is 11.5 Å². The molecule has 0 atom stereocenters. The predicted octanol–water partition coefficient (Wildman–Crippen LogP) is 1.95. The molecule has 100 valence electrons. The van der Waals surface area contributed by atoms with E-state index in [4.69, 9.17) is 4.74 Å². The summed E-state index contributed by atoms with van der Waals surface area (Å²) in [5.41, 5.74) is 1.01. The Kier molecular flexibility index (Phi) is 3.46. The lowest BCUT2D eigenvalue weighted by atomic mass is 9.98. The van der Waals surface area contributed by atoms with E-state index in [2.05, 4.69) is 20.5 Å². The standard InChI is InChI=1S/C14H18N4O/c1-19-12-4-2-10(3-5-12)13-16-14(18-17-13)11-6-8-15-9-7-11/h2-5,11,15H,6-9H2,1H3,(H,16,17,18). The van der Waals surface area contributed by atoms with E-state index >= 15 is 0 Å². The summed E-state index contributed by atoms with van der Waals surface area (Å²) in [4.78, 5) is 4.62. The van der Waals surface area contributed by atoms with Gasteiger partial charge in [-0.1, -0.05) is 0 Å². The number of benzene rings is 1. The van der Waals surface area contributed by atoms with Crippen molar-refractivity contribution in [2.75, 3.05) is 20.2 Å². The van der Waals surface area contributed by atoms with Crippen LogP contribution in [0, 0.1) is 0 Å². The minimum Gasteiger partial charge on any atom is -0.497 e. The zero-order valence-electron chi connectivity index (χ0n) is 11.0. The smallest absolute Gasteiger partial charge is 0.181 e. The summed E-state index contributed by atoms with van der Waals surface area (Å²) in [5.74, 6) is 3.11. The minimum atomic E-state index is 0.501. The van der Waals surface area contributed by atoms with Gasteiger partial charge in [-0.25, -0.2) is 4.98 Å². The Morgan fingerprint density at radius 3 is 2.58 bits per heavy atom. The van der Waals surface area contributed by atoms with E-state index in [-0.39, 0.29) is 0 Å². The first-order valence-electron chi connectivity index (χ1n) is 6.64. The molecule has 1 saturated heterocycles. The van der Waals surface area contributed by atoms with Crippen LogP contribution >= 0.6 is 0 Å². The summed E-state index contributed by atoms with van der Waals surface area (Å²) in [6.45, 7) is 2.12. The molecule has 0 radical (unpaired) electrons. The topological polar surface area (TPSA) is 62.8 Å². The zero-order chi connectivity index (χ0) is 13.1. The van der Waals surface area contributed by atoms with E-state index in [0.29, 0.717) is 5.92 Å². The van der Waals surface area contributed by atoms with Gasteiger partial charge in [0.2, 0.25) is 0 Å². The van der Waals surface area contributed by atoms with Gasteiger partial charge in [0.1, 0.15) is 11.6 Å². The second-order valence-corrected chi connectivity index (χ2v) is 4.80. The van der Waals surface area contributed by atoms with E-state index < -0.39 is 0 Å². The molecule has 1 aromatic heterocycles. The maximum atomic E-state index is 5.15. The van der Waals surface area contributed by atoms with Gasteiger partial charge in [-0.05, 0) is 50.2 Å². The molecule has 1 aliphatic rings. The molecular weight excluding hydrogens is 240 g/mol. The van der Waals surface area contributed by atoms with Crippen LogP contribution in [0.4, 0.5) is 0 Å². The first-order chi connectivity index (χ1) is 9.36. The minimum absolute atomic E-state index is 0.501. The largest absolute Gasteiger partial charge is 0.497 e. The molecule has 2 N–H and O–H groups in total. The van der Waals surface area contributed by atoms with Crippen LogP contribution in [0.1, 0.15) is 24.6 Å². The Morgan fingerprint density at radius 1 is 1.16 bits per heavy atom. The van der Waals surface area contributed by atoms with Gasteiger partial charge < -0.3 is 10.1 Å². The van der Waals surface area contributed by atoms with Crippen molar-refractivity contribution < 1.29 is 4.74 Å². The van der Waals surface area contributed by atoms with Crippen LogP contribution in [0.25, 0.3) is 11.4 Å². The van der Waals surface area contributed by atoms with E-state index in [9.17, 15) is 0 Å². The number of H-pyrrole nitrogens is 1. The molecule has 1 aliphatic heterocycles. The number of rotatable bonds is 3. The fourth-order valence-electron chi connectivity index (χ4n) is 2.42. The number of methoxy groups -OCH3 is 1. The molecule has 0 aliphatic carbocycles. The molecular formula is C14H18N4O. The number of nitrogens with zero attached hydrogens (tertiary/aromatic N) is 2. The SMILES string of the molecule is COc1ccc(-c2n[nH]c(C3CCNCC3)n2)cc1. The number of ether oxygens (including phenoxy) is 1. The van der Waals surface area contributed by atoms with Crippen molar-refractivity contribution in [2.24, 2.45) is 0 Å². The Hall–Kier alpha value is -1.88. The zero-order valence-corrected chi connectivity index (χ0v) is 11.0. The Bertz CT molecular complexity index is 529. The molecule has 0 unspecified atom stereocenters. The van der Waals surface area contributed by atoms with Crippen LogP contribution in [-0.2, 0) is 0 Å². The van der Waals surface area contributed by atoms with E-state index in [1.54, 1.807) is 7.11 Å². The van der Waals surface area contributed by atoms with E-state index in [1.165, 1.54) is 0 Å². The summed E-state index contributed by atoms with van der Waals surface area (Å²) in [6, 6.07) is 7.81. The summed E-state index contributed by atoms with van der Waals surface area (Å²) >= 11 is 0. The molecule has 0 saturated carbocycles. The Labute approximate surface area is 112 Å². The second-order valence-electron chi connectivity index (χ2n) is 4.80. The number of aromatic amines is 1. The molecule has 0 bridgehead atoms. The normalized spacial score (nSPS) is 16.5. The number of piperidine rings is 1. The molecule has 1 aromatic carbocycles. The van der Waals surface area contributed by atoms with Gasteiger partial charge in [-0.15, -0.1) is 0 Å². The van der Waals surface area contributed by atoms with Crippen LogP contribution in [-0.4, -0.2) is 35.4 Å². The van der Waals surface area contributed by atoms with Crippen LogP contribution in [0.3, 0.4) is 0 Å². The van der Waals surface area contributed by atoms with Gasteiger partial charge in [0.25, 0.3) is 0 Å². The third-order valence-corrected chi connectivity index (χ3v) is 3.58. The lowest BCUT2D eigenvalue weighted by Crippen LogP contribution is -2.27. The third kappa shape index (κ3) is 2.61. The number of nitrogens with one attached hydrogen (secondary N) is 2. The fraction of sp³-hybridized carbons (Fsp3) is 0.429. The molecule has 0 amide bonds. The number of aromatic nitrogens is 3. The molecule has 2 heterocycles. The van der Waals surface area contributed by atoms with Gasteiger partial charge in [-0.3, -0.25) is 5.10 Å². The van der Waals surface area contributed by atoms with Crippen molar-refractivity contribution >= 4 is 0 Å². The second kappa shape index (κ2) is 5.40. The van der Waals surface area contributed by atoms with Crippen molar-refractivity contribution in [3.8, 4) is 17.1 Å². The van der Waals surface area contributed by atoms with Crippen LogP contribution in [0.2, 0.25) is 0 Å². The highest BCUT2D eigenvalue weighted by Gasteiger charge is 2.19. The highest BCUT2D eigenvalue weighted by Crippen LogP contribution is 2.25. The van der Waals surface area contributed by atoms with E-state index in [1.807, 2.05) is 24.3 Å². The molecule has 3 rings (SSSR count). The summed E-state index contributed by atoms with van der Waals surface area (Å²) in [7, 11) is 1.66. The predicted molar refractivity (Wildman–Crippen MR) is 73.2 cm³/mol. The van der Waals surface area contributed by atoms with Gasteiger partial charge in [0.15, 0.2) is 5.82 Å². The molecule has 1 fully saturated rings. The average Bonchev–Trinajstić information content (AvgIpc) is 2.98. The van der Waals surface area contributed by atoms with Crippen molar-refractivity contribution in [3.05, 3.63) is 30.1 Å². The first-order valence-corrected chi connectivity index (χ1v) is 6.64. The monoisotopic (exact) mass is 258 g/mol. The van der Waals surface area contributed by atoms with Crippen molar-refractivity contribution in [3.63, 3.8) is 0 Å². The fourth-order valence-corrected chi connectivity index (χ4v) is 2.42. The van der Waals surface area contributed by atoms with Crippen molar-refractivity contribution in [1.82, 2.24) is 20.5 Å². The van der Waals surface area contributed by atoms with Gasteiger partial charge >= 0.3 is 0 Å². The number of hydrogen-bond donors (Lipinski definition) is 2. The molecule has 19 heavy (non-hydrogen) atoms. The van der Waals surface area contributed by atoms with Gasteiger partial charge in [-0.2, -0.15) is 5.10 Å². The van der Waals surface area contributed by atoms with Crippen LogP contribution in [0.15, 0.2) is 24.3 Å². The molecule has 5 nitrogen and oxygen atoms in total. The summed E-state index contributed by atoms with van der Waals surface area (Å²) in [5, 5.41) is 10.8. The van der Waals surface area contributed by atoms with Crippen molar-refractivity contribution in [2.45, 2.75) is 18.8 Å². The summed E-state index contributed by atoms with van der Waals surface area (Å²) < 4.78 is 5.15. The molecule has 5 heteroatoms. The van der Waals surface area contributed by atoms with Crippen LogP contribution in [0.5, 0.6) is 5.75 Å². The van der Waals surface area contributed by atoms with Gasteiger partial charge in [0.05, 0.1) is 7.11 Å². The van der Waals surface area contributed by atoms with Crippen molar-refractivity contribution in [1.29, 1.82) is 0 Å². The summed E-state index contributed by atoms with van der Waals surface area (Å²) in [6.07, 6.45) is 2.24. The Balaban J connectivity index is 1.79. The first kappa shape index (κ1) is 12.2. The quantitative estimate of drug-likeness (QED) is 0.883. The third-order valence-electron chi connectivity index (χ3n) is 3.58. The van der Waals surface area contributed by atoms with Crippen LogP contribution < -0.4 is 10.1 Å². The lowest BCUT2D eigenvalue weighted by molar-refractivity contribution is 0.415. The molecule has 0 spiro atoms. The average molecular weight is 258 g/mol. The van der Waals surface area contributed by atoms with E-state index in [0.717, 1.165) is 48.9 Å². The maximum Gasteiger partial charge on any atom is 0.181 e. The maximum absolute atomic E-state index is 5.15. The molecule has 2 aromatic rings. The number of hydrogen-bond acceptors (Lipinski definition) is 4. The Morgan fingerprint density at radius 2 is 1.89 bits per heavy atom.